The number of fused-ring (bicyclic) bond motifs is 2. The summed E-state index contributed by atoms with van der Waals surface area (Å²) in [6, 6.07) is 5.89. The van der Waals surface area contributed by atoms with Crippen LogP contribution >= 0.6 is 11.3 Å². The molecule has 31 heavy (non-hydrogen) atoms. The van der Waals surface area contributed by atoms with Crippen LogP contribution in [-0.4, -0.2) is 54.8 Å². The zero-order chi connectivity index (χ0) is 22.0. The van der Waals surface area contributed by atoms with Gasteiger partial charge in [-0.25, -0.2) is 9.97 Å². The molecule has 1 amide bonds. The van der Waals surface area contributed by atoms with Crippen molar-refractivity contribution in [3.05, 3.63) is 45.3 Å². The summed E-state index contributed by atoms with van der Waals surface area (Å²) in [5.41, 5.74) is 6.82. The summed E-state index contributed by atoms with van der Waals surface area (Å²) in [5, 5.41) is 6.76. The lowest BCUT2D eigenvalue weighted by atomic mass is 10.0. The zero-order valence-electron chi connectivity index (χ0n) is 17.1. The van der Waals surface area contributed by atoms with E-state index in [9.17, 15) is 9.70 Å². The van der Waals surface area contributed by atoms with E-state index in [-0.39, 0.29) is 18.6 Å². The van der Waals surface area contributed by atoms with E-state index in [4.69, 9.17) is 15.2 Å². The number of carbonyl (C=O) groups excluding carboxylic acids is 1. The monoisotopic (exact) mass is 442 g/mol. The van der Waals surface area contributed by atoms with Crippen LogP contribution in [0.2, 0.25) is 0 Å². The molecular formula is C20H22N6O4S. The molecule has 0 saturated carbocycles. The van der Waals surface area contributed by atoms with Crippen molar-refractivity contribution in [1.29, 1.82) is 0 Å². The second-order valence-corrected chi connectivity index (χ2v) is 8.36. The quantitative estimate of drug-likeness (QED) is 0.402. The van der Waals surface area contributed by atoms with Crippen LogP contribution in [0.5, 0.6) is 11.5 Å². The number of carbonyl (C=O) groups is 1. The van der Waals surface area contributed by atoms with Gasteiger partial charge in [-0.15, -0.1) is 16.2 Å². The third kappa shape index (κ3) is 4.42. The number of amides is 1. The Morgan fingerprint density at radius 3 is 2.87 bits per heavy atom. The number of nitroso groups, excluding NO2 is 1. The van der Waals surface area contributed by atoms with E-state index in [1.165, 1.54) is 11.3 Å². The summed E-state index contributed by atoms with van der Waals surface area (Å²) in [7, 11) is 3.96. The van der Waals surface area contributed by atoms with Gasteiger partial charge in [-0.1, -0.05) is 11.2 Å². The number of hydrogen-bond acceptors (Lipinski definition) is 10. The second kappa shape index (κ2) is 8.82. The predicted molar refractivity (Wildman–Crippen MR) is 118 cm³/mol. The molecule has 1 unspecified atom stereocenters. The third-order valence-electron chi connectivity index (χ3n) is 4.81. The number of anilines is 1. The van der Waals surface area contributed by atoms with Crippen LogP contribution < -0.4 is 20.5 Å². The lowest BCUT2D eigenvalue weighted by Gasteiger charge is -2.11. The Bertz CT molecular complexity index is 1130. The first-order valence-electron chi connectivity index (χ1n) is 9.68. The number of thiophene rings is 1. The molecule has 0 radical (unpaired) electrons. The SMILES string of the molecule is CN(C)CCCNC(=O)c1cc2c(C(N=O)c3ccc4c(c3)OCO4)nc(N)nc2s1. The molecule has 3 N–H and O–H groups in total. The van der Waals surface area contributed by atoms with Gasteiger partial charge in [-0.05, 0) is 50.8 Å². The van der Waals surface area contributed by atoms with Crippen LogP contribution in [0.15, 0.2) is 29.4 Å². The maximum Gasteiger partial charge on any atom is 0.261 e. The van der Waals surface area contributed by atoms with Crippen molar-refractivity contribution in [2.75, 3.05) is 39.7 Å². The molecule has 3 heterocycles. The average molecular weight is 443 g/mol. The maximum absolute atomic E-state index is 12.6. The normalized spacial score (nSPS) is 13.5. The lowest BCUT2D eigenvalue weighted by Crippen LogP contribution is -2.26. The van der Waals surface area contributed by atoms with Gasteiger partial charge in [0, 0.05) is 11.9 Å². The van der Waals surface area contributed by atoms with Crippen molar-refractivity contribution in [3.8, 4) is 11.5 Å². The molecule has 1 atom stereocenters. The highest BCUT2D eigenvalue weighted by molar-refractivity contribution is 7.20. The van der Waals surface area contributed by atoms with Gasteiger partial charge in [0.25, 0.3) is 5.91 Å². The summed E-state index contributed by atoms with van der Waals surface area (Å²) in [4.78, 5) is 36.0. The molecule has 2 aromatic heterocycles. The molecule has 1 aliphatic heterocycles. The maximum atomic E-state index is 12.6. The van der Waals surface area contributed by atoms with Gasteiger partial charge in [0.05, 0.1) is 10.6 Å². The minimum Gasteiger partial charge on any atom is -0.454 e. The first-order chi connectivity index (χ1) is 15.0. The number of aromatic nitrogens is 2. The first kappa shape index (κ1) is 20.9. The van der Waals surface area contributed by atoms with E-state index in [0.29, 0.717) is 44.4 Å². The Kier molecular flexibility index (Phi) is 5.96. The van der Waals surface area contributed by atoms with E-state index in [1.807, 2.05) is 14.1 Å². The summed E-state index contributed by atoms with van der Waals surface area (Å²) < 4.78 is 10.7. The van der Waals surface area contributed by atoms with Gasteiger partial charge in [0.1, 0.15) is 4.83 Å². The van der Waals surface area contributed by atoms with Gasteiger partial charge in [0.15, 0.2) is 17.5 Å². The fraction of sp³-hybridized carbons (Fsp3) is 0.350. The Morgan fingerprint density at radius 2 is 2.10 bits per heavy atom. The molecule has 162 valence electrons. The summed E-state index contributed by atoms with van der Waals surface area (Å²) in [6.07, 6.45) is 0.836. The van der Waals surface area contributed by atoms with Gasteiger partial charge < -0.3 is 25.4 Å². The Morgan fingerprint density at radius 1 is 1.29 bits per heavy atom. The molecule has 0 aliphatic carbocycles. The summed E-state index contributed by atoms with van der Waals surface area (Å²) in [5.74, 6) is 0.943. The van der Waals surface area contributed by atoms with E-state index < -0.39 is 6.04 Å². The highest BCUT2D eigenvalue weighted by Gasteiger charge is 2.25. The van der Waals surface area contributed by atoms with Gasteiger partial charge in [0.2, 0.25) is 12.7 Å². The molecular weight excluding hydrogens is 420 g/mol. The molecule has 0 spiro atoms. The topological polar surface area (TPSA) is 132 Å². The van der Waals surface area contributed by atoms with E-state index in [2.05, 4.69) is 25.4 Å². The summed E-state index contributed by atoms with van der Waals surface area (Å²) in [6.45, 7) is 1.56. The van der Waals surface area contributed by atoms with E-state index in [1.54, 1.807) is 24.3 Å². The number of nitrogens with two attached hydrogens (primary N) is 1. The molecule has 10 nitrogen and oxygen atoms in total. The van der Waals surface area contributed by atoms with Crippen molar-refractivity contribution in [1.82, 2.24) is 20.2 Å². The van der Waals surface area contributed by atoms with Crippen LogP contribution in [0.25, 0.3) is 10.2 Å². The summed E-state index contributed by atoms with van der Waals surface area (Å²) >= 11 is 1.20. The highest BCUT2D eigenvalue weighted by Crippen LogP contribution is 2.39. The van der Waals surface area contributed by atoms with Crippen LogP contribution in [0.1, 0.15) is 33.4 Å². The van der Waals surface area contributed by atoms with Gasteiger partial charge in [-0.3, -0.25) is 4.79 Å². The lowest BCUT2D eigenvalue weighted by molar-refractivity contribution is 0.0956. The number of nitrogen functional groups attached to an aromatic ring is 1. The Labute approximate surface area is 182 Å². The number of benzene rings is 1. The zero-order valence-corrected chi connectivity index (χ0v) is 17.9. The number of nitrogens with one attached hydrogen (secondary N) is 1. The van der Waals surface area contributed by atoms with Crippen molar-refractivity contribution in [3.63, 3.8) is 0 Å². The van der Waals surface area contributed by atoms with Gasteiger partial charge >= 0.3 is 0 Å². The van der Waals surface area contributed by atoms with E-state index >= 15 is 0 Å². The number of ether oxygens (including phenoxy) is 2. The molecule has 3 aromatic rings. The minimum atomic E-state index is -0.937. The number of rotatable bonds is 8. The number of nitrogens with zero attached hydrogens (tertiary/aromatic N) is 4. The van der Waals surface area contributed by atoms with Crippen LogP contribution in [0.4, 0.5) is 5.95 Å². The molecule has 1 aromatic carbocycles. The Hall–Kier alpha value is -3.31. The third-order valence-corrected chi connectivity index (χ3v) is 5.84. The van der Waals surface area contributed by atoms with Crippen LogP contribution in [-0.2, 0) is 0 Å². The van der Waals surface area contributed by atoms with E-state index in [0.717, 1.165) is 13.0 Å². The number of hydrogen-bond donors (Lipinski definition) is 2. The molecule has 4 rings (SSSR count). The fourth-order valence-electron chi connectivity index (χ4n) is 3.32. The molecule has 0 fully saturated rings. The molecule has 0 saturated heterocycles. The predicted octanol–water partition coefficient (Wildman–Crippen LogP) is 2.54. The Balaban J connectivity index is 1.64. The fourth-order valence-corrected chi connectivity index (χ4v) is 4.28. The van der Waals surface area contributed by atoms with Crippen molar-refractivity contribution >= 4 is 33.4 Å². The van der Waals surface area contributed by atoms with Crippen LogP contribution in [0, 0.1) is 4.91 Å². The van der Waals surface area contributed by atoms with Crippen LogP contribution in [0.3, 0.4) is 0 Å². The molecule has 11 heteroatoms. The highest BCUT2D eigenvalue weighted by atomic mass is 32.1. The average Bonchev–Trinajstić information content (AvgIpc) is 3.37. The second-order valence-electron chi connectivity index (χ2n) is 7.33. The largest absolute Gasteiger partial charge is 0.454 e. The standard InChI is InChI=1S/C20H22N6O4S/c1-26(2)7-3-6-22-18(27)15-9-12-17(23-20(21)24-19(12)31-15)16(25-28)11-4-5-13-14(8-11)30-10-29-13/h4-5,8-9,16H,3,6-7,10H2,1-2H3,(H,22,27)(H2,21,23,24). The first-order valence-corrected chi connectivity index (χ1v) is 10.5. The minimum absolute atomic E-state index is 0.0108. The smallest absolute Gasteiger partial charge is 0.261 e. The van der Waals surface area contributed by atoms with Crippen molar-refractivity contribution < 1.29 is 14.3 Å². The molecule has 0 bridgehead atoms. The van der Waals surface area contributed by atoms with Crippen molar-refractivity contribution in [2.45, 2.75) is 12.5 Å². The van der Waals surface area contributed by atoms with Crippen molar-refractivity contribution in [2.24, 2.45) is 5.18 Å². The van der Waals surface area contributed by atoms with Gasteiger partial charge in [-0.2, -0.15) is 0 Å². The molecule has 1 aliphatic rings.